The van der Waals surface area contributed by atoms with Gasteiger partial charge in [0, 0.05) is 29.6 Å². The van der Waals surface area contributed by atoms with Gasteiger partial charge in [-0.05, 0) is 66.9 Å². The molecule has 4 amide bonds. The van der Waals surface area contributed by atoms with Gasteiger partial charge in [0.1, 0.15) is 5.75 Å². The van der Waals surface area contributed by atoms with E-state index in [-0.39, 0.29) is 17.8 Å². The summed E-state index contributed by atoms with van der Waals surface area (Å²) in [5.74, 6) is 0.206. The smallest absolute Gasteiger partial charge is 0.332 e. The van der Waals surface area contributed by atoms with Crippen LogP contribution in [-0.2, 0) is 23.3 Å². The van der Waals surface area contributed by atoms with Crippen LogP contribution in [0.4, 0.5) is 10.5 Å². The number of hydrogen-bond acceptors (Lipinski definition) is 4. The van der Waals surface area contributed by atoms with Gasteiger partial charge in [-0.2, -0.15) is 0 Å². The Labute approximate surface area is 213 Å². The third-order valence-corrected chi connectivity index (χ3v) is 7.47. The zero-order chi connectivity index (χ0) is 25.7. The van der Waals surface area contributed by atoms with Crippen LogP contribution in [-0.4, -0.2) is 41.4 Å². The molecular formula is C29H26N4O4. The number of nitrogens with zero attached hydrogens (tertiary/aromatic N) is 2. The van der Waals surface area contributed by atoms with Gasteiger partial charge in [-0.3, -0.25) is 9.59 Å². The maximum atomic E-state index is 13.8. The molecule has 1 atom stereocenters. The molecule has 2 aliphatic rings. The van der Waals surface area contributed by atoms with Crippen molar-refractivity contribution < 1.29 is 19.1 Å². The van der Waals surface area contributed by atoms with Crippen LogP contribution >= 0.6 is 0 Å². The molecule has 1 unspecified atom stereocenters. The number of carbonyl (C=O) groups is 3. The first kappa shape index (κ1) is 22.8. The number of anilines is 1. The Bertz CT molecular complexity index is 1540. The van der Waals surface area contributed by atoms with Crippen molar-refractivity contribution in [2.45, 2.75) is 25.4 Å². The number of fused-ring (bicyclic) bond motifs is 5. The van der Waals surface area contributed by atoms with Gasteiger partial charge in [0.2, 0.25) is 0 Å². The van der Waals surface area contributed by atoms with Crippen molar-refractivity contribution in [2.24, 2.45) is 0 Å². The standard InChI is InChI=1S/C29H26N4O4/c1-29-25-23(22-5-3-4-6-24(22)31-25)15-16-32(29)28(36)33(27(29)35)20-11-9-19(10-12-20)26(34)30-17-18-7-13-21(37-2)14-8-18/h3-14,31H,15-17H2,1-2H3,(H,30,34). The number of imide groups is 1. The second-order valence-electron chi connectivity index (χ2n) is 9.50. The summed E-state index contributed by atoms with van der Waals surface area (Å²) in [4.78, 5) is 46.2. The summed E-state index contributed by atoms with van der Waals surface area (Å²) in [6, 6.07) is 21.6. The van der Waals surface area contributed by atoms with Crippen LogP contribution in [0.1, 0.15) is 34.1 Å². The summed E-state index contributed by atoms with van der Waals surface area (Å²) < 4.78 is 5.16. The van der Waals surface area contributed by atoms with Crippen LogP contribution in [0.3, 0.4) is 0 Å². The average Bonchev–Trinajstić information content (AvgIpc) is 3.41. The number of methoxy groups -OCH3 is 1. The number of urea groups is 1. The summed E-state index contributed by atoms with van der Waals surface area (Å²) in [5, 5.41) is 3.98. The third kappa shape index (κ3) is 3.48. The van der Waals surface area contributed by atoms with Crippen molar-refractivity contribution in [3.05, 3.63) is 95.2 Å². The third-order valence-electron chi connectivity index (χ3n) is 7.47. The molecule has 0 aliphatic carbocycles. The van der Waals surface area contributed by atoms with Crippen LogP contribution in [0.15, 0.2) is 72.8 Å². The lowest BCUT2D eigenvalue weighted by Crippen LogP contribution is -2.49. The van der Waals surface area contributed by atoms with Crippen molar-refractivity contribution >= 4 is 34.4 Å². The minimum absolute atomic E-state index is 0.242. The van der Waals surface area contributed by atoms with Crippen LogP contribution in [0.5, 0.6) is 5.75 Å². The molecular weight excluding hydrogens is 468 g/mol. The Morgan fingerprint density at radius 3 is 2.49 bits per heavy atom. The lowest BCUT2D eigenvalue weighted by molar-refractivity contribution is -0.125. The number of rotatable bonds is 5. The molecule has 0 saturated carbocycles. The van der Waals surface area contributed by atoms with E-state index in [1.807, 2.05) is 55.5 Å². The fourth-order valence-corrected chi connectivity index (χ4v) is 5.41. The van der Waals surface area contributed by atoms with Gasteiger partial charge in [-0.25, -0.2) is 9.69 Å². The second kappa shape index (κ2) is 8.51. The minimum Gasteiger partial charge on any atom is -0.497 e. The van der Waals surface area contributed by atoms with Crippen LogP contribution in [0, 0.1) is 0 Å². The maximum absolute atomic E-state index is 13.8. The number of aromatic nitrogens is 1. The first-order valence-corrected chi connectivity index (χ1v) is 12.2. The van der Waals surface area contributed by atoms with Gasteiger partial charge in [-0.1, -0.05) is 30.3 Å². The molecule has 8 nitrogen and oxygen atoms in total. The molecule has 2 N–H and O–H groups in total. The first-order chi connectivity index (χ1) is 17.9. The zero-order valence-electron chi connectivity index (χ0n) is 20.6. The zero-order valence-corrected chi connectivity index (χ0v) is 20.6. The van der Waals surface area contributed by atoms with Crippen molar-refractivity contribution in [3.63, 3.8) is 0 Å². The predicted molar refractivity (Wildman–Crippen MR) is 140 cm³/mol. The molecule has 8 heteroatoms. The number of hydrogen-bond donors (Lipinski definition) is 2. The van der Waals surface area contributed by atoms with Gasteiger partial charge in [0.15, 0.2) is 5.54 Å². The Kier molecular flexibility index (Phi) is 5.26. The van der Waals surface area contributed by atoms with Crippen molar-refractivity contribution in [1.82, 2.24) is 15.2 Å². The fourth-order valence-electron chi connectivity index (χ4n) is 5.41. The second-order valence-corrected chi connectivity index (χ2v) is 9.50. The number of H-pyrrole nitrogens is 1. The summed E-state index contributed by atoms with van der Waals surface area (Å²) in [6.45, 7) is 2.63. The number of amides is 4. The van der Waals surface area contributed by atoms with Gasteiger partial charge < -0.3 is 19.9 Å². The SMILES string of the molecule is COc1ccc(CNC(=O)c2ccc(N3C(=O)N4CCc5c([nH]c6ccccc56)C4(C)C3=O)cc2)cc1. The molecule has 0 spiro atoms. The normalized spacial score (nSPS) is 18.6. The molecule has 6 rings (SSSR count). The van der Waals surface area contributed by atoms with Gasteiger partial charge in [0.05, 0.1) is 18.5 Å². The van der Waals surface area contributed by atoms with Crippen molar-refractivity contribution in [3.8, 4) is 5.75 Å². The van der Waals surface area contributed by atoms with E-state index in [0.717, 1.165) is 33.5 Å². The summed E-state index contributed by atoms with van der Waals surface area (Å²) >= 11 is 0. The van der Waals surface area contributed by atoms with Crippen molar-refractivity contribution in [2.75, 3.05) is 18.6 Å². The molecule has 2 aliphatic heterocycles. The highest BCUT2D eigenvalue weighted by Crippen LogP contribution is 2.45. The van der Waals surface area contributed by atoms with Gasteiger partial charge >= 0.3 is 6.03 Å². The largest absolute Gasteiger partial charge is 0.497 e. The van der Waals surface area contributed by atoms with E-state index >= 15 is 0 Å². The number of carbonyl (C=O) groups excluding carboxylic acids is 3. The highest BCUT2D eigenvalue weighted by atomic mass is 16.5. The first-order valence-electron chi connectivity index (χ1n) is 12.2. The van der Waals surface area contributed by atoms with Crippen LogP contribution in [0.25, 0.3) is 10.9 Å². The minimum atomic E-state index is -1.11. The average molecular weight is 495 g/mol. The number of ether oxygens (including phenoxy) is 1. The fraction of sp³-hybridized carbons (Fsp3) is 0.207. The summed E-state index contributed by atoms with van der Waals surface area (Å²) in [6.07, 6.45) is 0.676. The molecule has 1 aromatic heterocycles. The molecule has 0 bridgehead atoms. The molecule has 186 valence electrons. The molecule has 3 heterocycles. The number of aromatic amines is 1. The van der Waals surface area contributed by atoms with E-state index < -0.39 is 5.54 Å². The van der Waals surface area contributed by atoms with Gasteiger partial charge in [0.25, 0.3) is 11.8 Å². The number of benzene rings is 3. The Hall–Kier alpha value is -4.59. The Balaban J connectivity index is 1.23. The maximum Gasteiger partial charge on any atom is 0.332 e. The molecule has 3 aromatic carbocycles. The Morgan fingerprint density at radius 2 is 1.76 bits per heavy atom. The van der Waals surface area contributed by atoms with Gasteiger partial charge in [-0.15, -0.1) is 0 Å². The van der Waals surface area contributed by atoms with E-state index in [4.69, 9.17) is 4.74 Å². The monoisotopic (exact) mass is 494 g/mol. The summed E-state index contributed by atoms with van der Waals surface area (Å²) in [7, 11) is 1.61. The lowest BCUT2D eigenvalue weighted by Gasteiger charge is -2.35. The molecule has 1 saturated heterocycles. The number of nitrogens with one attached hydrogen (secondary N) is 2. The highest BCUT2D eigenvalue weighted by Gasteiger charge is 2.59. The van der Waals surface area contributed by atoms with E-state index in [2.05, 4.69) is 10.3 Å². The van der Waals surface area contributed by atoms with Crippen LogP contribution < -0.4 is 15.0 Å². The highest BCUT2D eigenvalue weighted by molar-refractivity contribution is 6.23. The van der Waals surface area contributed by atoms with E-state index in [1.54, 1.807) is 36.3 Å². The molecule has 0 radical (unpaired) electrons. The van der Waals surface area contributed by atoms with Crippen LogP contribution in [0.2, 0.25) is 0 Å². The van der Waals surface area contributed by atoms with E-state index in [1.165, 1.54) is 4.90 Å². The quantitative estimate of drug-likeness (QED) is 0.404. The summed E-state index contributed by atoms with van der Waals surface area (Å²) in [5.41, 5.74) is 3.53. The molecule has 37 heavy (non-hydrogen) atoms. The number of para-hydroxylation sites is 1. The Morgan fingerprint density at radius 1 is 1.03 bits per heavy atom. The predicted octanol–water partition coefficient (Wildman–Crippen LogP) is 4.35. The topological polar surface area (TPSA) is 94.7 Å². The van der Waals surface area contributed by atoms with Crippen molar-refractivity contribution in [1.29, 1.82) is 0 Å². The van der Waals surface area contributed by atoms with E-state index in [0.29, 0.717) is 30.8 Å². The lowest BCUT2D eigenvalue weighted by atomic mass is 9.87. The van der Waals surface area contributed by atoms with E-state index in [9.17, 15) is 14.4 Å². The molecule has 4 aromatic rings. The molecule has 1 fully saturated rings.